The van der Waals surface area contributed by atoms with Crippen LogP contribution in [0.2, 0.25) is 0 Å². The van der Waals surface area contributed by atoms with E-state index in [1.54, 1.807) is 11.3 Å². The van der Waals surface area contributed by atoms with Crippen molar-refractivity contribution < 1.29 is 8.39 Å². The molecule has 1 unspecified atom stereocenters. The van der Waals surface area contributed by atoms with Crippen molar-refractivity contribution in [2.75, 3.05) is 6.26 Å². The summed E-state index contributed by atoms with van der Waals surface area (Å²) in [5, 5.41) is 1.21. The molecule has 0 amide bonds. The summed E-state index contributed by atoms with van der Waals surface area (Å²) in [5.74, 6) is 3.55. The molecular weight excluding hydrogens is 300 g/mol. The fraction of sp³-hybridized carbons (Fsp3) is 0.118. The zero-order chi connectivity index (χ0) is 14.9. The van der Waals surface area contributed by atoms with Gasteiger partial charge < -0.3 is 0 Å². The van der Waals surface area contributed by atoms with Gasteiger partial charge in [-0.3, -0.25) is 4.18 Å². The molecule has 21 heavy (non-hydrogen) atoms. The Kier molecular flexibility index (Phi) is 3.85. The van der Waals surface area contributed by atoms with Crippen molar-refractivity contribution in [3.63, 3.8) is 0 Å². The summed E-state index contributed by atoms with van der Waals surface area (Å²) < 4.78 is 18.3. The second-order valence-corrected chi connectivity index (χ2v) is 8.17. The fourth-order valence-corrected chi connectivity index (χ4v) is 3.88. The number of fused-ring (bicyclic) bond motifs is 1. The number of hydrogen-bond acceptors (Lipinski definition) is 3. The average molecular weight is 316 g/mol. The van der Waals surface area contributed by atoms with E-state index < -0.39 is 9.80 Å². The first kappa shape index (κ1) is 14.3. The molecule has 1 heterocycles. The third-order valence-electron chi connectivity index (χ3n) is 3.17. The summed E-state index contributed by atoms with van der Waals surface area (Å²) in [6.07, 6.45) is 1.52. The fourth-order valence-electron chi connectivity index (χ4n) is 2.30. The van der Waals surface area contributed by atoms with Gasteiger partial charge in [-0.15, -0.1) is 11.3 Å². The standard InChI is InChI=1S/C17H16O2S2/c1-21(2,18)19-12-16-17(13-8-4-3-5-9-13)14-10-6-7-11-15(14)20-16/h3-11H,1,12H2,2H3. The van der Waals surface area contributed by atoms with Crippen LogP contribution >= 0.6 is 11.3 Å². The van der Waals surface area contributed by atoms with Gasteiger partial charge in [0.1, 0.15) is 0 Å². The van der Waals surface area contributed by atoms with Gasteiger partial charge in [-0.05, 0) is 17.5 Å². The molecule has 1 aromatic heterocycles. The molecule has 0 N–H and O–H groups in total. The van der Waals surface area contributed by atoms with Gasteiger partial charge in [0.2, 0.25) is 0 Å². The van der Waals surface area contributed by atoms with E-state index in [2.05, 4.69) is 30.1 Å². The van der Waals surface area contributed by atoms with Crippen LogP contribution in [-0.4, -0.2) is 16.3 Å². The van der Waals surface area contributed by atoms with Crippen LogP contribution < -0.4 is 0 Å². The van der Waals surface area contributed by atoms with Crippen molar-refractivity contribution in [3.05, 3.63) is 59.5 Å². The largest absolute Gasteiger partial charge is 0.293 e. The number of benzene rings is 2. The summed E-state index contributed by atoms with van der Waals surface area (Å²) >= 11 is 1.68. The Hall–Kier alpha value is -1.62. The average Bonchev–Trinajstić information content (AvgIpc) is 2.84. The first-order chi connectivity index (χ1) is 10.0. The molecule has 2 aromatic carbocycles. The third-order valence-corrected chi connectivity index (χ3v) is 4.93. The van der Waals surface area contributed by atoms with E-state index in [0.29, 0.717) is 6.61 Å². The van der Waals surface area contributed by atoms with E-state index in [9.17, 15) is 4.21 Å². The second kappa shape index (κ2) is 5.64. The Bertz CT molecular complexity index is 862. The minimum atomic E-state index is -2.45. The summed E-state index contributed by atoms with van der Waals surface area (Å²) in [6.45, 7) is 0.322. The van der Waals surface area contributed by atoms with Crippen LogP contribution in [-0.2, 0) is 20.6 Å². The predicted octanol–water partition coefficient (Wildman–Crippen LogP) is 4.35. The minimum absolute atomic E-state index is 0.322. The van der Waals surface area contributed by atoms with Crippen LogP contribution in [0.1, 0.15) is 4.88 Å². The Morgan fingerprint density at radius 1 is 1.10 bits per heavy atom. The summed E-state index contributed by atoms with van der Waals surface area (Å²) in [5.41, 5.74) is 2.32. The molecule has 0 aliphatic carbocycles. The van der Waals surface area contributed by atoms with Gasteiger partial charge in [-0.1, -0.05) is 48.5 Å². The first-order valence-corrected chi connectivity index (χ1v) is 9.45. The molecule has 0 aliphatic rings. The maximum Gasteiger partial charge on any atom is 0.0982 e. The number of thiophene rings is 1. The van der Waals surface area contributed by atoms with E-state index in [-0.39, 0.29) is 0 Å². The zero-order valence-corrected chi connectivity index (χ0v) is 13.4. The molecule has 2 nitrogen and oxygen atoms in total. The Labute approximate surface area is 129 Å². The number of rotatable bonds is 4. The molecule has 0 spiro atoms. The topological polar surface area (TPSA) is 26.3 Å². The van der Waals surface area contributed by atoms with Crippen molar-refractivity contribution in [3.8, 4) is 11.1 Å². The quantitative estimate of drug-likeness (QED) is 0.669. The monoisotopic (exact) mass is 316 g/mol. The molecule has 0 radical (unpaired) electrons. The van der Waals surface area contributed by atoms with E-state index >= 15 is 0 Å². The van der Waals surface area contributed by atoms with E-state index in [0.717, 1.165) is 10.4 Å². The Balaban J connectivity index is 2.15. The molecule has 0 aliphatic heterocycles. The normalized spacial score (nSPS) is 14.1. The van der Waals surface area contributed by atoms with Crippen LogP contribution in [0.3, 0.4) is 0 Å². The predicted molar refractivity (Wildman–Crippen MR) is 93.2 cm³/mol. The Morgan fingerprint density at radius 2 is 1.76 bits per heavy atom. The van der Waals surface area contributed by atoms with Gasteiger partial charge in [0.05, 0.1) is 16.4 Å². The lowest BCUT2D eigenvalue weighted by molar-refractivity contribution is 0.342. The lowest BCUT2D eigenvalue weighted by atomic mass is 10.0. The van der Waals surface area contributed by atoms with E-state index in [4.69, 9.17) is 4.18 Å². The smallest absolute Gasteiger partial charge is 0.0982 e. The molecule has 0 saturated heterocycles. The molecule has 3 aromatic rings. The summed E-state index contributed by atoms with van der Waals surface area (Å²) in [7, 11) is -2.45. The van der Waals surface area contributed by atoms with Crippen LogP contribution in [0, 0.1) is 0 Å². The summed E-state index contributed by atoms with van der Waals surface area (Å²) in [4.78, 5) is 1.08. The van der Waals surface area contributed by atoms with Gasteiger partial charge >= 0.3 is 0 Å². The SMILES string of the molecule is C=S(C)(=O)OCc1sc2ccccc2c1-c1ccccc1. The molecule has 3 rings (SSSR count). The van der Waals surface area contributed by atoms with Crippen molar-refractivity contribution in [2.24, 2.45) is 0 Å². The van der Waals surface area contributed by atoms with Crippen molar-refractivity contribution in [2.45, 2.75) is 6.61 Å². The maximum atomic E-state index is 11.7. The summed E-state index contributed by atoms with van der Waals surface area (Å²) in [6, 6.07) is 18.5. The molecular formula is C17H16O2S2. The molecule has 0 fully saturated rings. The van der Waals surface area contributed by atoms with Crippen LogP contribution in [0.15, 0.2) is 54.6 Å². The van der Waals surface area contributed by atoms with Crippen LogP contribution in [0.25, 0.3) is 21.2 Å². The Morgan fingerprint density at radius 3 is 2.48 bits per heavy atom. The van der Waals surface area contributed by atoms with E-state index in [1.165, 1.54) is 21.9 Å². The lowest BCUT2D eigenvalue weighted by Gasteiger charge is -2.07. The zero-order valence-electron chi connectivity index (χ0n) is 11.7. The van der Waals surface area contributed by atoms with Gasteiger partial charge in [0.15, 0.2) is 0 Å². The van der Waals surface area contributed by atoms with Gasteiger partial charge in [0, 0.05) is 26.8 Å². The number of hydrogen-bond donors (Lipinski definition) is 0. The highest BCUT2D eigenvalue weighted by Gasteiger charge is 2.14. The highest BCUT2D eigenvalue weighted by atomic mass is 32.2. The third kappa shape index (κ3) is 3.18. The second-order valence-electron chi connectivity index (χ2n) is 4.95. The maximum absolute atomic E-state index is 11.7. The van der Waals surface area contributed by atoms with Crippen molar-refractivity contribution in [1.29, 1.82) is 0 Å². The van der Waals surface area contributed by atoms with E-state index in [1.807, 2.05) is 30.3 Å². The van der Waals surface area contributed by atoms with Gasteiger partial charge in [-0.25, -0.2) is 4.21 Å². The van der Waals surface area contributed by atoms with Crippen molar-refractivity contribution >= 4 is 37.1 Å². The molecule has 0 bridgehead atoms. The van der Waals surface area contributed by atoms with Gasteiger partial charge in [-0.2, -0.15) is 0 Å². The first-order valence-electron chi connectivity index (χ1n) is 6.57. The molecule has 0 saturated carbocycles. The lowest BCUT2D eigenvalue weighted by Crippen LogP contribution is -2.01. The van der Waals surface area contributed by atoms with Crippen molar-refractivity contribution in [1.82, 2.24) is 0 Å². The highest BCUT2D eigenvalue weighted by molar-refractivity contribution is 7.95. The molecule has 4 heteroatoms. The van der Waals surface area contributed by atoms with Crippen LogP contribution in [0.5, 0.6) is 0 Å². The van der Waals surface area contributed by atoms with Gasteiger partial charge in [0.25, 0.3) is 0 Å². The molecule has 1 atom stereocenters. The van der Waals surface area contributed by atoms with Crippen LogP contribution in [0.4, 0.5) is 0 Å². The minimum Gasteiger partial charge on any atom is -0.293 e. The highest BCUT2D eigenvalue weighted by Crippen LogP contribution is 2.39. The molecule has 108 valence electrons.